The molecule has 60 valence electrons. The second kappa shape index (κ2) is 2.59. The molecule has 3 heteroatoms. The topological polar surface area (TPSA) is 29.5 Å². The van der Waals surface area contributed by atoms with Gasteiger partial charge in [0.05, 0.1) is 6.61 Å². The highest BCUT2D eigenvalue weighted by molar-refractivity contribution is 7.10. The minimum atomic E-state index is -0.686. The predicted molar refractivity (Wildman–Crippen MR) is 43.7 cm³/mol. The zero-order valence-electron chi connectivity index (χ0n) is 6.12. The Morgan fingerprint density at radius 3 is 3.09 bits per heavy atom. The van der Waals surface area contributed by atoms with Crippen LogP contribution < -0.4 is 0 Å². The van der Waals surface area contributed by atoms with Crippen molar-refractivity contribution in [1.82, 2.24) is 0 Å². The maximum Gasteiger partial charge on any atom is 0.124 e. The zero-order valence-corrected chi connectivity index (χ0v) is 6.93. The van der Waals surface area contributed by atoms with Crippen LogP contribution in [-0.2, 0) is 10.3 Å². The summed E-state index contributed by atoms with van der Waals surface area (Å²) in [6.45, 7) is 1.13. The van der Waals surface area contributed by atoms with Gasteiger partial charge in [-0.2, -0.15) is 0 Å². The molecule has 1 aliphatic heterocycles. The highest BCUT2D eigenvalue weighted by Gasteiger charge is 2.34. The van der Waals surface area contributed by atoms with Crippen molar-refractivity contribution in [3.8, 4) is 0 Å². The molecule has 0 radical (unpaired) electrons. The molecule has 1 aromatic heterocycles. The normalized spacial score (nSPS) is 31.0. The van der Waals surface area contributed by atoms with E-state index in [1.54, 1.807) is 11.3 Å². The summed E-state index contributed by atoms with van der Waals surface area (Å²) in [4.78, 5) is 1.02. The van der Waals surface area contributed by atoms with Crippen molar-refractivity contribution in [3.05, 3.63) is 22.4 Å². The summed E-state index contributed by atoms with van der Waals surface area (Å²) >= 11 is 1.59. The van der Waals surface area contributed by atoms with Crippen LogP contribution >= 0.6 is 11.3 Å². The summed E-state index contributed by atoms with van der Waals surface area (Å²) in [7, 11) is 0. The molecule has 11 heavy (non-hydrogen) atoms. The van der Waals surface area contributed by atoms with E-state index in [2.05, 4.69) is 0 Å². The molecule has 0 saturated carbocycles. The van der Waals surface area contributed by atoms with Crippen LogP contribution in [0.2, 0.25) is 0 Å². The Kier molecular flexibility index (Phi) is 1.71. The number of aliphatic hydroxyl groups is 1. The van der Waals surface area contributed by atoms with E-state index in [0.717, 1.165) is 11.3 Å². The van der Waals surface area contributed by atoms with Crippen LogP contribution in [0.1, 0.15) is 11.3 Å². The third-order valence-corrected chi connectivity index (χ3v) is 3.04. The molecule has 0 bridgehead atoms. The van der Waals surface area contributed by atoms with Gasteiger partial charge in [0.25, 0.3) is 0 Å². The van der Waals surface area contributed by atoms with E-state index >= 15 is 0 Å². The van der Waals surface area contributed by atoms with E-state index in [4.69, 9.17) is 4.74 Å². The van der Waals surface area contributed by atoms with E-state index in [-0.39, 0.29) is 0 Å². The third kappa shape index (κ3) is 1.20. The van der Waals surface area contributed by atoms with Crippen LogP contribution in [0, 0.1) is 0 Å². The summed E-state index contributed by atoms with van der Waals surface area (Å²) in [5, 5.41) is 11.9. The second-order valence-corrected chi connectivity index (χ2v) is 3.76. The minimum absolute atomic E-state index is 0.452. The molecule has 1 fully saturated rings. The van der Waals surface area contributed by atoms with Crippen molar-refractivity contribution in [1.29, 1.82) is 0 Å². The molecule has 2 rings (SSSR count). The first-order chi connectivity index (χ1) is 5.31. The lowest BCUT2D eigenvalue weighted by Gasteiger charge is -2.17. The molecule has 0 aliphatic carbocycles. The van der Waals surface area contributed by atoms with E-state index < -0.39 is 5.60 Å². The molecule has 1 unspecified atom stereocenters. The van der Waals surface area contributed by atoms with Crippen molar-refractivity contribution < 1.29 is 9.84 Å². The Morgan fingerprint density at radius 2 is 2.55 bits per heavy atom. The number of thiophene rings is 1. The van der Waals surface area contributed by atoms with Gasteiger partial charge in [0.1, 0.15) is 5.60 Å². The largest absolute Gasteiger partial charge is 0.382 e. The standard InChI is InChI=1S/C8H10O2S/c9-8(3-4-10-6-8)7-2-1-5-11-7/h1-2,5,9H,3-4,6H2. The van der Waals surface area contributed by atoms with Gasteiger partial charge in [-0.15, -0.1) is 11.3 Å². The molecule has 2 heterocycles. The SMILES string of the molecule is OC1(c2cccs2)CCOC1. The van der Waals surface area contributed by atoms with Crippen molar-refractivity contribution in [2.75, 3.05) is 13.2 Å². The molecule has 1 aliphatic rings. The van der Waals surface area contributed by atoms with Gasteiger partial charge in [0, 0.05) is 17.9 Å². The van der Waals surface area contributed by atoms with Crippen LogP contribution in [0.3, 0.4) is 0 Å². The number of hydrogen-bond acceptors (Lipinski definition) is 3. The lowest BCUT2D eigenvalue weighted by molar-refractivity contribution is 0.0264. The van der Waals surface area contributed by atoms with Gasteiger partial charge in [-0.25, -0.2) is 0 Å². The minimum Gasteiger partial charge on any atom is -0.382 e. The Morgan fingerprint density at radius 1 is 1.64 bits per heavy atom. The summed E-state index contributed by atoms with van der Waals surface area (Å²) in [5.41, 5.74) is -0.686. The van der Waals surface area contributed by atoms with Crippen LogP contribution in [0.15, 0.2) is 17.5 Å². The average molecular weight is 170 g/mol. The van der Waals surface area contributed by atoms with Gasteiger partial charge in [-0.1, -0.05) is 6.07 Å². The number of ether oxygens (including phenoxy) is 1. The molecule has 0 amide bonds. The molecular formula is C8H10O2S. The highest BCUT2D eigenvalue weighted by atomic mass is 32.1. The van der Waals surface area contributed by atoms with Crippen molar-refractivity contribution >= 4 is 11.3 Å². The predicted octanol–water partition coefficient (Wildman–Crippen LogP) is 1.36. The summed E-state index contributed by atoms with van der Waals surface area (Å²) in [6, 6.07) is 3.91. The van der Waals surface area contributed by atoms with Gasteiger partial charge in [0.2, 0.25) is 0 Å². The Hall–Kier alpha value is -0.380. The first-order valence-corrected chi connectivity index (χ1v) is 4.53. The van der Waals surface area contributed by atoms with Gasteiger partial charge in [-0.3, -0.25) is 0 Å². The first-order valence-electron chi connectivity index (χ1n) is 3.65. The van der Waals surface area contributed by atoms with Gasteiger partial charge < -0.3 is 9.84 Å². The van der Waals surface area contributed by atoms with E-state index in [1.807, 2.05) is 17.5 Å². The zero-order chi connectivity index (χ0) is 7.73. The van der Waals surface area contributed by atoms with Gasteiger partial charge in [0.15, 0.2) is 0 Å². The third-order valence-electron chi connectivity index (χ3n) is 1.98. The molecule has 1 N–H and O–H groups in total. The monoisotopic (exact) mass is 170 g/mol. The summed E-state index contributed by atoms with van der Waals surface area (Å²) in [6.07, 6.45) is 0.730. The first kappa shape index (κ1) is 7.28. The maximum atomic E-state index is 9.94. The van der Waals surface area contributed by atoms with Crippen LogP contribution in [0.4, 0.5) is 0 Å². The van der Waals surface area contributed by atoms with Crippen LogP contribution in [0.5, 0.6) is 0 Å². The highest BCUT2D eigenvalue weighted by Crippen LogP contribution is 2.32. The molecule has 2 nitrogen and oxygen atoms in total. The quantitative estimate of drug-likeness (QED) is 0.689. The molecule has 1 aromatic rings. The molecule has 1 atom stereocenters. The fraction of sp³-hybridized carbons (Fsp3) is 0.500. The smallest absolute Gasteiger partial charge is 0.124 e. The fourth-order valence-corrected chi connectivity index (χ4v) is 2.13. The average Bonchev–Trinajstić information content (AvgIpc) is 2.55. The lowest BCUT2D eigenvalue weighted by atomic mass is 10.0. The maximum absolute atomic E-state index is 9.94. The van der Waals surface area contributed by atoms with Gasteiger partial charge in [-0.05, 0) is 11.4 Å². The fourth-order valence-electron chi connectivity index (χ4n) is 1.29. The van der Waals surface area contributed by atoms with E-state index in [9.17, 15) is 5.11 Å². The Bertz CT molecular complexity index is 224. The number of hydrogen-bond donors (Lipinski definition) is 1. The van der Waals surface area contributed by atoms with E-state index in [1.165, 1.54) is 0 Å². The van der Waals surface area contributed by atoms with Crippen molar-refractivity contribution in [2.24, 2.45) is 0 Å². The lowest BCUT2D eigenvalue weighted by Crippen LogP contribution is -2.23. The molecular weight excluding hydrogens is 160 g/mol. The summed E-state index contributed by atoms with van der Waals surface area (Å²) < 4.78 is 5.14. The van der Waals surface area contributed by atoms with Crippen molar-refractivity contribution in [3.63, 3.8) is 0 Å². The molecule has 0 spiro atoms. The van der Waals surface area contributed by atoms with Crippen molar-refractivity contribution in [2.45, 2.75) is 12.0 Å². The number of rotatable bonds is 1. The Labute approximate surface area is 69.4 Å². The van der Waals surface area contributed by atoms with Crippen LogP contribution in [-0.4, -0.2) is 18.3 Å². The summed E-state index contributed by atoms with van der Waals surface area (Å²) in [5.74, 6) is 0. The Balaban J connectivity index is 2.27. The van der Waals surface area contributed by atoms with Crippen LogP contribution in [0.25, 0.3) is 0 Å². The molecule has 1 saturated heterocycles. The van der Waals surface area contributed by atoms with Gasteiger partial charge >= 0.3 is 0 Å². The molecule has 0 aromatic carbocycles. The second-order valence-electron chi connectivity index (χ2n) is 2.81. The van der Waals surface area contributed by atoms with E-state index in [0.29, 0.717) is 13.2 Å².